The summed E-state index contributed by atoms with van der Waals surface area (Å²) in [4.78, 5) is 0. The summed E-state index contributed by atoms with van der Waals surface area (Å²) < 4.78 is 20.6. The van der Waals surface area contributed by atoms with E-state index in [2.05, 4.69) is 0 Å². The molecule has 2 aromatic heterocycles. The van der Waals surface area contributed by atoms with E-state index in [9.17, 15) is 9.50 Å². The average molecular weight is 281 g/mol. The number of aliphatic hydroxyl groups excluding tert-OH is 1. The van der Waals surface area contributed by atoms with Crippen molar-refractivity contribution in [1.29, 1.82) is 0 Å². The third-order valence-corrected chi connectivity index (χ3v) is 3.63. The molecule has 21 heavy (non-hydrogen) atoms. The first kappa shape index (κ1) is 12.2. The van der Waals surface area contributed by atoms with E-state index in [4.69, 9.17) is 4.74 Å². The Bertz CT molecular complexity index is 833. The number of hydrogen-bond donors (Lipinski definition) is 1. The molecule has 0 bridgehead atoms. The molecule has 104 valence electrons. The smallest absolute Gasteiger partial charge is 0.224 e. The summed E-state index contributed by atoms with van der Waals surface area (Å²) >= 11 is 0. The lowest BCUT2D eigenvalue weighted by Gasteiger charge is -2.22. The van der Waals surface area contributed by atoms with Crippen LogP contribution in [0.2, 0.25) is 0 Å². The molecule has 4 rings (SSSR count). The van der Waals surface area contributed by atoms with E-state index in [-0.39, 0.29) is 5.82 Å². The Labute approximate surface area is 120 Å². The zero-order valence-corrected chi connectivity index (χ0v) is 11.0. The van der Waals surface area contributed by atoms with Gasteiger partial charge in [0.05, 0.1) is 0 Å². The van der Waals surface area contributed by atoms with Crippen LogP contribution in [0.25, 0.3) is 17.2 Å². The quantitative estimate of drug-likeness (QED) is 0.742. The highest BCUT2D eigenvalue weighted by atomic mass is 19.1. The highest BCUT2D eigenvalue weighted by Crippen LogP contribution is 2.34. The van der Waals surface area contributed by atoms with Crippen molar-refractivity contribution < 1.29 is 14.2 Å². The van der Waals surface area contributed by atoms with Crippen LogP contribution in [0.4, 0.5) is 4.39 Å². The topological polar surface area (TPSA) is 33.9 Å². The monoisotopic (exact) mass is 281 g/mol. The van der Waals surface area contributed by atoms with Crippen LogP contribution in [-0.4, -0.2) is 15.8 Å². The zero-order valence-electron chi connectivity index (χ0n) is 11.0. The van der Waals surface area contributed by atoms with E-state index in [0.717, 1.165) is 16.6 Å². The van der Waals surface area contributed by atoms with Gasteiger partial charge in [0.2, 0.25) is 6.29 Å². The van der Waals surface area contributed by atoms with Crippen molar-refractivity contribution in [3.8, 4) is 5.75 Å². The summed E-state index contributed by atoms with van der Waals surface area (Å²) in [6.45, 7) is 0. The van der Waals surface area contributed by atoms with Crippen molar-refractivity contribution in [1.82, 2.24) is 4.40 Å². The lowest BCUT2D eigenvalue weighted by atomic mass is 10.0. The minimum Gasteiger partial charge on any atom is -0.460 e. The Morgan fingerprint density at radius 2 is 2.05 bits per heavy atom. The van der Waals surface area contributed by atoms with E-state index in [0.29, 0.717) is 11.3 Å². The van der Waals surface area contributed by atoms with Crippen molar-refractivity contribution >= 4 is 17.2 Å². The Morgan fingerprint density at radius 1 is 1.14 bits per heavy atom. The van der Waals surface area contributed by atoms with E-state index >= 15 is 0 Å². The van der Waals surface area contributed by atoms with E-state index in [1.807, 2.05) is 47.1 Å². The summed E-state index contributed by atoms with van der Waals surface area (Å²) in [5.41, 5.74) is 3.33. The molecule has 3 heterocycles. The van der Waals surface area contributed by atoms with Crippen LogP contribution in [0.15, 0.2) is 54.9 Å². The zero-order chi connectivity index (χ0) is 14.4. The van der Waals surface area contributed by atoms with Crippen LogP contribution < -0.4 is 4.74 Å². The van der Waals surface area contributed by atoms with Gasteiger partial charge in [0, 0.05) is 40.7 Å². The van der Waals surface area contributed by atoms with Gasteiger partial charge in [-0.3, -0.25) is 0 Å². The first-order valence-electron chi connectivity index (χ1n) is 6.64. The number of rotatable bonds is 1. The molecule has 0 fully saturated rings. The molecule has 0 saturated heterocycles. The number of fused-ring (bicyclic) bond motifs is 2. The largest absolute Gasteiger partial charge is 0.460 e. The molecule has 3 nitrogen and oxygen atoms in total. The number of benzene rings is 1. The molecule has 0 radical (unpaired) electrons. The van der Waals surface area contributed by atoms with Gasteiger partial charge in [0.25, 0.3) is 0 Å². The number of aliphatic hydroxyl groups is 1. The lowest BCUT2D eigenvalue weighted by Crippen LogP contribution is -2.20. The molecule has 4 heteroatoms. The maximum atomic E-state index is 13.2. The van der Waals surface area contributed by atoms with Gasteiger partial charge in [-0.25, -0.2) is 4.39 Å². The average Bonchev–Trinajstić information content (AvgIpc) is 2.90. The predicted molar refractivity (Wildman–Crippen MR) is 78.3 cm³/mol. The van der Waals surface area contributed by atoms with Crippen LogP contribution >= 0.6 is 0 Å². The second-order valence-electron chi connectivity index (χ2n) is 5.01. The fourth-order valence-corrected chi connectivity index (χ4v) is 2.59. The molecule has 1 aliphatic heterocycles. The summed E-state index contributed by atoms with van der Waals surface area (Å²) in [5.74, 6) is -0.0255. The molecule has 3 aromatic rings. The number of hydrogen-bond acceptors (Lipinski definition) is 2. The summed E-state index contributed by atoms with van der Waals surface area (Å²) in [6.07, 6.45) is 4.61. The number of ether oxygens (including phenoxy) is 1. The van der Waals surface area contributed by atoms with Gasteiger partial charge < -0.3 is 14.2 Å². The molecule has 0 amide bonds. The molecule has 1 aromatic carbocycles. The number of pyridine rings is 1. The van der Waals surface area contributed by atoms with Gasteiger partial charge in [-0.15, -0.1) is 0 Å². The van der Waals surface area contributed by atoms with Crippen LogP contribution in [0, 0.1) is 5.82 Å². The first-order valence-corrected chi connectivity index (χ1v) is 6.64. The Hall–Kier alpha value is -2.59. The van der Waals surface area contributed by atoms with Gasteiger partial charge in [0.15, 0.2) is 0 Å². The number of nitrogens with zero attached hydrogens (tertiary/aromatic N) is 1. The molecular weight excluding hydrogens is 269 g/mol. The highest BCUT2D eigenvalue weighted by Gasteiger charge is 2.23. The first-order chi connectivity index (χ1) is 10.2. The Morgan fingerprint density at radius 3 is 2.90 bits per heavy atom. The Kier molecular flexibility index (Phi) is 2.59. The lowest BCUT2D eigenvalue weighted by molar-refractivity contribution is 0.0317. The second-order valence-corrected chi connectivity index (χ2v) is 5.01. The van der Waals surface area contributed by atoms with Crippen LogP contribution in [0.1, 0.15) is 11.1 Å². The minimum atomic E-state index is -1.10. The maximum Gasteiger partial charge on any atom is 0.224 e. The Balaban J connectivity index is 1.85. The molecular formula is C17H12FNO2. The molecule has 1 aliphatic rings. The second kappa shape index (κ2) is 4.46. The number of aromatic nitrogens is 1. The summed E-state index contributed by atoms with van der Waals surface area (Å²) in [5, 5.41) is 10.2. The molecule has 1 atom stereocenters. The normalized spacial score (nSPS) is 17.2. The van der Waals surface area contributed by atoms with Crippen molar-refractivity contribution in [3.63, 3.8) is 0 Å². The summed E-state index contributed by atoms with van der Waals surface area (Å²) in [7, 11) is 0. The predicted octanol–water partition coefficient (Wildman–Crippen LogP) is 3.33. The van der Waals surface area contributed by atoms with Crippen molar-refractivity contribution in [3.05, 3.63) is 71.8 Å². The summed E-state index contributed by atoms with van der Waals surface area (Å²) in [6, 6.07) is 12.2. The fourth-order valence-electron chi connectivity index (χ4n) is 2.59. The van der Waals surface area contributed by atoms with Crippen molar-refractivity contribution in [2.24, 2.45) is 0 Å². The van der Waals surface area contributed by atoms with Crippen LogP contribution in [0.5, 0.6) is 5.75 Å². The van der Waals surface area contributed by atoms with Crippen LogP contribution in [-0.2, 0) is 0 Å². The third-order valence-electron chi connectivity index (χ3n) is 3.63. The number of halogens is 1. The maximum absolute atomic E-state index is 13.2. The van der Waals surface area contributed by atoms with Gasteiger partial charge in [0.1, 0.15) is 11.6 Å². The van der Waals surface area contributed by atoms with Gasteiger partial charge >= 0.3 is 0 Å². The fraction of sp³-hybridized carbons (Fsp3) is 0.0588. The SMILES string of the molecule is OC1Oc2cc(F)ccc2C=C1c1cc2ccccn2c1. The van der Waals surface area contributed by atoms with Gasteiger partial charge in [-0.2, -0.15) is 0 Å². The molecule has 1 unspecified atom stereocenters. The molecule has 0 aliphatic carbocycles. The van der Waals surface area contributed by atoms with E-state index in [1.54, 1.807) is 6.07 Å². The van der Waals surface area contributed by atoms with E-state index in [1.165, 1.54) is 12.1 Å². The van der Waals surface area contributed by atoms with Crippen molar-refractivity contribution in [2.45, 2.75) is 6.29 Å². The molecule has 0 saturated carbocycles. The van der Waals surface area contributed by atoms with Gasteiger partial charge in [-0.05, 0) is 36.4 Å². The standard InChI is InChI=1S/C17H12FNO2/c18-13-5-4-11-8-15(17(20)21-16(11)9-13)12-7-14-3-1-2-6-19(14)10-12/h1-10,17,20H. The van der Waals surface area contributed by atoms with Crippen LogP contribution in [0.3, 0.4) is 0 Å². The van der Waals surface area contributed by atoms with Gasteiger partial charge in [-0.1, -0.05) is 6.07 Å². The highest BCUT2D eigenvalue weighted by molar-refractivity contribution is 5.87. The van der Waals surface area contributed by atoms with E-state index < -0.39 is 6.29 Å². The molecule has 1 N–H and O–H groups in total. The van der Waals surface area contributed by atoms with Crippen molar-refractivity contribution in [2.75, 3.05) is 0 Å². The third kappa shape index (κ3) is 2.00. The minimum absolute atomic E-state index is 0.356. The molecule has 0 spiro atoms.